The number of benzene rings is 3. The van der Waals surface area contributed by atoms with Gasteiger partial charge in [0.15, 0.2) is 5.75 Å². The van der Waals surface area contributed by atoms with Crippen LogP contribution in [0.3, 0.4) is 0 Å². The Kier molecular flexibility index (Phi) is 6.72. The van der Waals surface area contributed by atoms with Gasteiger partial charge in [-0.05, 0) is 60.2 Å². The summed E-state index contributed by atoms with van der Waals surface area (Å²) in [5.74, 6) is 0.610. The van der Waals surface area contributed by atoms with Gasteiger partial charge in [0.2, 0.25) is 5.78 Å². The second-order valence-corrected chi connectivity index (χ2v) is 8.24. The summed E-state index contributed by atoms with van der Waals surface area (Å²) in [6.45, 7) is 0.330. The van der Waals surface area contributed by atoms with Crippen LogP contribution in [0.5, 0.6) is 17.2 Å². The molecule has 0 radical (unpaired) electrons. The molecule has 8 heteroatoms. The molecule has 0 saturated heterocycles. The first kappa shape index (κ1) is 22.5. The predicted octanol–water partition coefficient (Wildman–Crippen LogP) is 6.87. The van der Waals surface area contributed by atoms with E-state index in [1.165, 1.54) is 29.7 Å². The number of rotatable bonds is 8. The molecule has 33 heavy (non-hydrogen) atoms. The zero-order valence-corrected chi connectivity index (χ0v) is 18.8. The molecular formula is C25H16ClFO5S. The number of hydrogen-bond acceptors (Lipinski definition) is 6. The SMILES string of the molecule is COc1ccc2c(Oc3ccc(/C=C/OC=O)cc3)c(C(=O)c3ccc(F)cc3Cl)sc2c1. The average Bonchev–Trinajstić information content (AvgIpc) is 3.17. The van der Waals surface area contributed by atoms with Crippen LogP contribution in [-0.2, 0) is 9.53 Å². The van der Waals surface area contributed by atoms with E-state index in [0.29, 0.717) is 28.6 Å². The molecule has 166 valence electrons. The molecule has 0 spiro atoms. The van der Waals surface area contributed by atoms with E-state index in [1.54, 1.807) is 43.5 Å². The minimum Gasteiger partial charge on any atom is -0.497 e. The van der Waals surface area contributed by atoms with Crippen LogP contribution in [-0.4, -0.2) is 19.4 Å². The fourth-order valence-corrected chi connectivity index (χ4v) is 4.51. The molecule has 0 saturated carbocycles. The van der Waals surface area contributed by atoms with Crippen molar-refractivity contribution in [3.8, 4) is 17.2 Å². The van der Waals surface area contributed by atoms with Crippen LogP contribution < -0.4 is 9.47 Å². The molecule has 0 aliphatic rings. The van der Waals surface area contributed by atoms with E-state index in [1.807, 2.05) is 12.1 Å². The van der Waals surface area contributed by atoms with Crippen LogP contribution in [0.1, 0.15) is 20.8 Å². The largest absolute Gasteiger partial charge is 0.497 e. The second kappa shape index (κ2) is 9.85. The van der Waals surface area contributed by atoms with Crippen molar-refractivity contribution in [2.45, 2.75) is 0 Å². The Morgan fingerprint density at radius 1 is 1.03 bits per heavy atom. The molecule has 3 aromatic carbocycles. The second-order valence-electron chi connectivity index (χ2n) is 6.78. The van der Waals surface area contributed by atoms with Gasteiger partial charge < -0.3 is 14.2 Å². The minimum absolute atomic E-state index is 0.0228. The number of hydrogen-bond donors (Lipinski definition) is 0. The number of thiophene rings is 1. The molecule has 4 aromatic rings. The normalized spacial score (nSPS) is 11.0. The zero-order chi connectivity index (χ0) is 23.4. The Morgan fingerprint density at radius 2 is 1.79 bits per heavy atom. The quantitative estimate of drug-likeness (QED) is 0.156. The van der Waals surface area contributed by atoms with Crippen LogP contribution in [0.25, 0.3) is 16.2 Å². The van der Waals surface area contributed by atoms with Gasteiger partial charge >= 0.3 is 0 Å². The third kappa shape index (κ3) is 4.89. The molecule has 1 aromatic heterocycles. The molecule has 0 fully saturated rings. The highest BCUT2D eigenvalue weighted by Crippen LogP contribution is 2.43. The van der Waals surface area contributed by atoms with E-state index in [4.69, 9.17) is 21.1 Å². The number of fused-ring (bicyclic) bond motifs is 1. The van der Waals surface area contributed by atoms with E-state index in [0.717, 1.165) is 21.7 Å². The summed E-state index contributed by atoms with van der Waals surface area (Å²) < 4.78 is 30.3. The topological polar surface area (TPSA) is 61.8 Å². The summed E-state index contributed by atoms with van der Waals surface area (Å²) in [6, 6.07) is 16.1. The summed E-state index contributed by atoms with van der Waals surface area (Å²) in [5, 5.41) is 0.750. The summed E-state index contributed by atoms with van der Waals surface area (Å²) >= 11 is 7.38. The van der Waals surface area contributed by atoms with E-state index >= 15 is 0 Å². The van der Waals surface area contributed by atoms with Crippen LogP contribution in [0.4, 0.5) is 4.39 Å². The van der Waals surface area contributed by atoms with Crippen molar-refractivity contribution in [3.05, 3.63) is 93.8 Å². The first-order valence-electron chi connectivity index (χ1n) is 9.64. The highest BCUT2D eigenvalue weighted by molar-refractivity contribution is 7.21. The molecule has 0 amide bonds. The predicted molar refractivity (Wildman–Crippen MR) is 126 cm³/mol. The van der Waals surface area contributed by atoms with Crippen molar-refractivity contribution in [1.29, 1.82) is 0 Å². The van der Waals surface area contributed by atoms with Crippen LogP contribution in [0.15, 0.2) is 66.9 Å². The first-order valence-corrected chi connectivity index (χ1v) is 10.8. The molecule has 1 heterocycles. The van der Waals surface area contributed by atoms with Gasteiger partial charge in [0, 0.05) is 15.6 Å². The lowest BCUT2D eigenvalue weighted by Gasteiger charge is -2.09. The van der Waals surface area contributed by atoms with Crippen molar-refractivity contribution in [2.75, 3.05) is 7.11 Å². The van der Waals surface area contributed by atoms with Gasteiger partial charge in [0.1, 0.15) is 22.2 Å². The lowest BCUT2D eigenvalue weighted by molar-refractivity contribution is -0.123. The summed E-state index contributed by atoms with van der Waals surface area (Å²) in [6.07, 6.45) is 2.89. The van der Waals surface area contributed by atoms with Gasteiger partial charge in [0.25, 0.3) is 6.47 Å². The third-order valence-electron chi connectivity index (χ3n) is 4.73. The first-order chi connectivity index (χ1) is 16.0. The lowest BCUT2D eigenvalue weighted by atomic mass is 10.1. The standard InChI is InChI=1S/C25H16ClFO5S/c1-30-18-7-9-20-22(13-18)33-25(23(29)19-8-4-16(27)12-21(19)26)24(20)32-17-5-2-15(3-6-17)10-11-31-14-28/h2-14H,1H3/b11-10+. The number of carbonyl (C=O) groups is 2. The molecule has 5 nitrogen and oxygen atoms in total. The number of carbonyl (C=O) groups excluding carboxylic acids is 2. The van der Waals surface area contributed by atoms with Crippen LogP contribution in [0.2, 0.25) is 5.02 Å². The van der Waals surface area contributed by atoms with E-state index in [-0.39, 0.29) is 16.4 Å². The van der Waals surface area contributed by atoms with Crippen molar-refractivity contribution >= 4 is 51.4 Å². The number of halogens is 2. The molecule has 0 unspecified atom stereocenters. The Balaban J connectivity index is 1.75. The molecule has 0 aliphatic carbocycles. The van der Waals surface area contributed by atoms with Gasteiger partial charge in [-0.15, -0.1) is 11.3 Å². The van der Waals surface area contributed by atoms with Gasteiger partial charge in [-0.2, -0.15) is 0 Å². The summed E-state index contributed by atoms with van der Waals surface area (Å²) in [4.78, 5) is 23.9. The van der Waals surface area contributed by atoms with Gasteiger partial charge in [-0.1, -0.05) is 23.7 Å². The van der Waals surface area contributed by atoms with Gasteiger partial charge in [-0.25, -0.2) is 4.39 Å². The molecule has 0 bridgehead atoms. The summed E-state index contributed by atoms with van der Waals surface area (Å²) in [5.41, 5.74) is 0.968. The maximum Gasteiger partial charge on any atom is 0.297 e. The van der Waals surface area contributed by atoms with Crippen LogP contribution in [0, 0.1) is 5.82 Å². The minimum atomic E-state index is -0.526. The fourth-order valence-electron chi connectivity index (χ4n) is 3.14. The summed E-state index contributed by atoms with van der Waals surface area (Å²) in [7, 11) is 1.56. The number of methoxy groups -OCH3 is 1. The smallest absolute Gasteiger partial charge is 0.297 e. The number of ketones is 1. The molecular weight excluding hydrogens is 467 g/mol. The van der Waals surface area contributed by atoms with Crippen molar-refractivity contribution < 1.29 is 28.2 Å². The number of ether oxygens (including phenoxy) is 3. The third-order valence-corrected chi connectivity index (χ3v) is 6.17. The average molecular weight is 483 g/mol. The van der Waals surface area contributed by atoms with E-state index in [2.05, 4.69) is 4.74 Å². The lowest BCUT2D eigenvalue weighted by Crippen LogP contribution is -2.02. The Bertz CT molecular complexity index is 1360. The van der Waals surface area contributed by atoms with Gasteiger partial charge in [0.05, 0.1) is 18.4 Å². The maximum atomic E-state index is 13.5. The monoisotopic (exact) mass is 482 g/mol. The highest BCUT2D eigenvalue weighted by atomic mass is 35.5. The van der Waals surface area contributed by atoms with E-state index < -0.39 is 5.82 Å². The van der Waals surface area contributed by atoms with Crippen LogP contribution >= 0.6 is 22.9 Å². The fraction of sp³-hybridized carbons (Fsp3) is 0.0400. The van der Waals surface area contributed by atoms with Crippen molar-refractivity contribution in [1.82, 2.24) is 0 Å². The Morgan fingerprint density at radius 3 is 2.48 bits per heavy atom. The molecule has 4 rings (SSSR count). The van der Waals surface area contributed by atoms with Crippen molar-refractivity contribution in [3.63, 3.8) is 0 Å². The Hall–Kier alpha value is -3.68. The van der Waals surface area contributed by atoms with Gasteiger partial charge in [-0.3, -0.25) is 9.59 Å². The maximum absolute atomic E-state index is 13.5. The van der Waals surface area contributed by atoms with Crippen molar-refractivity contribution in [2.24, 2.45) is 0 Å². The molecule has 0 aliphatic heterocycles. The van der Waals surface area contributed by atoms with E-state index in [9.17, 15) is 14.0 Å². The molecule has 0 N–H and O–H groups in total. The highest BCUT2D eigenvalue weighted by Gasteiger charge is 2.24. The Labute approximate surface area is 197 Å². The molecule has 0 atom stereocenters. The zero-order valence-electron chi connectivity index (χ0n) is 17.2.